The van der Waals surface area contributed by atoms with Crippen LogP contribution < -0.4 is 37.8 Å². The van der Waals surface area contributed by atoms with E-state index < -0.39 is 16.1 Å². The summed E-state index contributed by atoms with van der Waals surface area (Å²) in [7, 11) is 0.650. The van der Waals surface area contributed by atoms with Crippen molar-refractivity contribution in [3.05, 3.63) is 44.5 Å². The number of hydrogen-bond donors (Lipinski definition) is 1. The molecule has 3 radical (unpaired) electrons. The number of ether oxygens (including phenoxy) is 7. The van der Waals surface area contributed by atoms with Crippen LogP contribution in [-0.4, -0.2) is 95.1 Å². The summed E-state index contributed by atoms with van der Waals surface area (Å²) in [6.07, 6.45) is 3.88. The zero-order valence-electron chi connectivity index (χ0n) is 34.9. The Morgan fingerprint density at radius 3 is 1.49 bits per heavy atom. The molecule has 3 heterocycles. The number of cyclic esters (lactones) is 2. The van der Waals surface area contributed by atoms with Crippen LogP contribution in [0.15, 0.2) is 0 Å². The Labute approximate surface area is 333 Å². The zero-order valence-corrected chi connectivity index (χ0v) is 35.9. The fraction of sp³-hybridized carbons (Fsp3) is 0.605. The molecule has 0 amide bonds. The van der Waals surface area contributed by atoms with Crippen molar-refractivity contribution in [3.63, 3.8) is 0 Å². The van der Waals surface area contributed by atoms with Crippen molar-refractivity contribution in [2.45, 2.75) is 104 Å². The number of aliphatic hydroxyl groups is 1. The molecule has 0 saturated carbocycles. The molecule has 0 spiro atoms. The van der Waals surface area contributed by atoms with Gasteiger partial charge in [-0.05, 0) is 49.9 Å². The van der Waals surface area contributed by atoms with Crippen LogP contribution in [0.4, 0.5) is 0 Å². The van der Waals surface area contributed by atoms with Gasteiger partial charge < -0.3 is 44.5 Å². The summed E-state index contributed by atoms with van der Waals surface area (Å²) in [6.45, 7) is 20.9. The third kappa shape index (κ3) is 12.9. The van der Waals surface area contributed by atoms with Crippen LogP contribution in [-0.2, 0) is 45.1 Å². The first-order valence-electron chi connectivity index (χ1n) is 17.8. The second kappa shape index (κ2) is 22.0. The molecule has 289 valence electrons. The Morgan fingerprint density at radius 1 is 0.736 bits per heavy atom. The monoisotopic (exact) mass is 765 g/mol. The van der Waals surface area contributed by atoms with E-state index in [-0.39, 0.29) is 66.9 Å². The van der Waals surface area contributed by atoms with Crippen molar-refractivity contribution in [2.75, 3.05) is 47.3 Å². The summed E-state index contributed by atoms with van der Waals surface area (Å²) < 4.78 is 38.3. The van der Waals surface area contributed by atoms with Gasteiger partial charge >= 0.3 is 30.8 Å². The molecule has 2 aromatic rings. The number of esters is 2. The molecule has 2 aromatic carbocycles. The van der Waals surface area contributed by atoms with Crippen molar-refractivity contribution >= 4 is 42.8 Å². The quantitative estimate of drug-likeness (QED) is 0.172. The van der Waals surface area contributed by atoms with Crippen LogP contribution in [0, 0.1) is 13.8 Å². The smallest absolute Gasteiger partial charge is 1.00 e. The summed E-state index contributed by atoms with van der Waals surface area (Å²) in [6, 6.07) is 1.96. The van der Waals surface area contributed by atoms with E-state index >= 15 is 0 Å². The first-order valence-corrected chi connectivity index (χ1v) is 25.2. The molecule has 11 nitrogen and oxygen atoms in total. The number of aliphatic hydroxyl groups excluding tert-OH is 1. The third-order valence-electron chi connectivity index (χ3n) is 8.93. The molecule has 0 atom stereocenters. The van der Waals surface area contributed by atoms with Gasteiger partial charge in [0.15, 0.2) is 0 Å². The van der Waals surface area contributed by atoms with Gasteiger partial charge in [-0.3, -0.25) is 0 Å². The van der Waals surface area contributed by atoms with E-state index in [0.717, 1.165) is 59.4 Å². The second-order valence-corrected chi connectivity index (χ2v) is 26.5. The molecule has 5 rings (SSSR count). The first kappa shape index (κ1) is 48.3. The molecule has 0 aliphatic carbocycles. The van der Waals surface area contributed by atoms with Gasteiger partial charge in [0.1, 0.15) is 53.6 Å². The molecule has 0 aromatic heterocycles. The maximum Gasteiger partial charge on any atom is 1.00 e. The summed E-state index contributed by atoms with van der Waals surface area (Å²) in [5.41, 5.74) is 5.69. The minimum Gasteiger partial charge on any atom is -1.00 e. The summed E-state index contributed by atoms with van der Waals surface area (Å²) in [4.78, 5) is 35.4. The van der Waals surface area contributed by atoms with Gasteiger partial charge in [0.2, 0.25) is 0 Å². The van der Waals surface area contributed by atoms with Gasteiger partial charge in [-0.1, -0.05) is 39.3 Å². The molecule has 3 aliphatic heterocycles. The van der Waals surface area contributed by atoms with Crippen LogP contribution in [0.1, 0.15) is 68.4 Å². The largest absolute Gasteiger partial charge is 1.00 e. The van der Waals surface area contributed by atoms with Crippen LogP contribution in [0.3, 0.4) is 0 Å². The maximum absolute atomic E-state index is 12.2. The molecule has 1 N–H and O–H groups in total. The van der Waals surface area contributed by atoms with Crippen LogP contribution in [0.5, 0.6) is 23.0 Å². The topological polar surface area (TPSA) is 136 Å². The average Bonchev–Trinajstić information content (AvgIpc) is 3.84. The van der Waals surface area contributed by atoms with Crippen LogP contribution in [0.2, 0.25) is 51.4 Å². The predicted octanol–water partition coefficient (Wildman–Crippen LogP) is 3.59. The van der Waals surface area contributed by atoms with Gasteiger partial charge in [-0.15, -0.1) is 0 Å². The van der Waals surface area contributed by atoms with Gasteiger partial charge in [-0.25, -0.2) is 9.59 Å². The first-order chi connectivity index (χ1) is 24.1. The van der Waals surface area contributed by atoms with E-state index in [1.54, 1.807) is 14.2 Å². The van der Waals surface area contributed by atoms with E-state index in [1.165, 1.54) is 12.8 Å². The fourth-order valence-electron chi connectivity index (χ4n) is 6.00. The number of fused-ring (bicyclic) bond motifs is 2. The number of aldehydes is 1. The Balaban J connectivity index is 0.000000875. The van der Waals surface area contributed by atoms with Crippen molar-refractivity contribution in [1.29, 1.82) is 0 Å². The van der Waals surface area contributed by atoms with Crippen molar-refractivity contribution in [1.82, 2.24) is 0 Å². The molecule has 3 aliphatic rings. The SMILES string of the molecule is C1CCOC1.COc1c(C)c2c(c(OCC[Si](C)(C)C)c1CC=O)C(=O)OC2.COc1c(C)c2c(c(OCC[Si](C)(C)C)c1CCO)C(=O)OC2.[B].[H-].[Li+]. The van der Waals surface area contributed by atoms with E-state index in [4.69, 9.17) is 33.2 Å². The minimum atomic E-state index is -1.26. The minimum absolute atomic E-state index is 0. The van der Waals surface area contributed by atoms with E-state index in [2.05, 4.69) is 39.3 Å². The zero-order chi connectivity index (χ0) is 37.9. The molecule has 0 unspecified atom stereocenters. The Hall–Kier alpha value is -2.73. The predicted molar refractivity (Wildman–Crippen MR) is 208 cm³/mol. The molecule has 1 saturated heterocycles. The number of carbonyl (C=O) groups excluding carboxylic acids is 3. The molecule has 15 heteroatoms. The van der Waals surface area contributed by atoms with E-state index in [0.29, 0.717) is 59.3 Å². The Bertz CT molecular complexity index is 1550. The summed E-state index contributed by atoms with van der Waals surface area (Å²) in [5, 5.41) is 9.40. The second-order valence-electron chi connectivity index (χ2n) is 15.3. The van der Waals surface area contributed by atoms with Gasteiger partial charge in [0.25, 0.3) is 0 Å². The van der Waals surface area contributed by atoms with E-state index in [9.17, 15) is 19.5 Å². The van der Waals surface area contributed by atoms with Crippen LogP contribution in [0.25, 0.3) is 0 Å². The standard InChI is InChI=1S/C17H26O5Si.C17H24O5Si.C4H8O.B.Li.H/c2*1-11-13-10-22-17(19)14(13)16(21-8-9-23(3,4)5)12(6-7-18)15(11)20-2;1-2-4-5-3-1;;;/h18H,6-10H2,1-5H3;7H,6,8-10H2,1-5H3;1-4H2;;;/q;;;;+1;-1. The van der Waals surface area contributed by atoms with E-state index in [1.807, 2.05) is 13.8 Å². The molecule has 0 bridgehead atoms. The maximum atomic E-state index is 12.2. The molecule has 53 heavy (non-hydrogen) atoms. The number of benzene rings is 2. The van der Waals surface area contributed by atoms with Crippen molar-refractivity contribution in [3.8, 4) is 23.0 Å². The number of methoxy groups -OCH3 is 2. The number of rotatable bonds is 14. The third-order valence-corrected chi connectivity index (χ3v) is 12.3. The van der Waals surface area contributed by atoms with Gasteiger partial charge in [-0.2, -0.15) is 0 Å². The van der Waals surface area contributed by atoms with Gasteiger partial charge in [0, 0.05) is 79.5 Å². The summed E-state index contributed by atoms with van der Waals surface area (Å²) >= 11 is 0. The Kier molecular flexibility index (Phi) is 20.0. The summed E-state index contributed by atoms with van der Waals surface area (Å²) in [5.74, 6) is 1.53. The number of carbonyl (C=O) groups is 3. The molecule has 1 fully saturated rings. The normalized spacial score (nSPS) is 14.1. The fourth-order valence-corrected chi connectivity index (χ4v) is 7.43. The molecular formula is C38H59BLiO11Si2. The Morgan fingerprint density at radius 2 is 1.15 bits per heavy atom. The average molecular weight is 766 g/mol. The molecular weight excluding hydrogens is 706 g/mol. The number of hydrogen-bond acceptors (Lipinski definition) is 11. The van der Waals surface area contributed by atoms with Crippen LogP contribution >= 0.6 is 0 Å². The van der Waals surface area contributed by atoms with Crippen molar-refractivity contribution < 1.29 is 72.9 Å². The van der Waals surface area contributed by atoms with Crippen molar-refractivity contribution in [2.24, 2.45) is 0 Å². The van der Waals surface area contributed by atoms with Gasteiger partial charge in [0.05, 0.1) is 27.4 Å².